The molecule has 0 heterocycles. The number of rotatable bonds is 4. The van der Waals surface area contributed by atoms with E-state index in [1.807, 2.05) is 0 Å². The van der Waals surface area contributed by atoms with Gasteiger partial charge in [0, 0.05) is 5.02 Å². The highest BCUT2D eigenvalue weighted by Gasteiger charge is 2.09. The van der Waals surface area contributed by atoms with Gasteiger partial charge in [-0.1, -0.05) is 23.7 Å². The second-order valence-corrected chi connectivity index (χ2v) is 4.50. The zero-order valence-corrected chi connectivity index (χ0v) is 11.2. The third-order valence-electron chi connectivity index (χ3n) is 2.62. The van der Waals surface area contributed by atoms with Crippen LogP contribution in [-0.2, 0) is 4.74 Å². The second-order valence-electron chi connectivity index (χ2n) is 4.07. The molecule has 0 aromatic heterocycles. The fourth-order valence-corrected chi connectivity index (χ4v) is 1.67. The minimum atomic E-state index is -0.534. The highest BCUT2D eigenvalue weighted by atomic mass is 35.5. The lowest BCUT2D eigenvalue weighted by Crippen LogP contribution is -2.14. The maximum Gasteiger partial charge on any atom is 0.338 e. The summed E-state index contributed by atoms with van der Waals surface area (Å²) in [6.45, 7) is -0.174. The molecule has 0 atom stereocenters. The van der Waals surface area contributed by atoms with Crippen LogP contribution < -0.4 is 0 Å². The van der Waals surface area contributed by atoms with Crippen LogP contribution in [0.5, 0.6) is 0 Å². The molecule has 20 heavy (non-hydrogen) atoms. The lowest BCUT2D eigenvalue weighted by molar-refractivity contribution is 0.0563. The summed E-state index contributed by atoms with van der Waals surface area (Å²) >= 11 is 5.72. The number of ether oxygens (including phenoxy) is 1. The number of halogens is 2. The van der Waals surface area contributed by atoms with Crippen molar-refractivity contribution in [2.45, 2.75) is 0 Å². The summed E-state index contributed by atoms with van der Waals surface area (Å²) in [5.74, 6) is -0.909. The molecule has 2 aromatic rings. The number of carbonyl (C=O) groups is 1. The van der Waals surface area contributed by atoms with Gasteiger partial charge in [0.25, 0.3) is 0 Å². The molecule has 0 unspecified atom stereocenters. The Kier molecular flexibility index (Phi) is 4.48. The first-order valence-corrected chi connectivity index (χ1v) is 6.20. The number of hydrogen-bond donors (Lipinski definition) is 1. The predicted molar refractivity (Wildman–Crippen MR) is 75.0 cm³/mol. The molecular formula is C15H11ClFNO2. The Morgan fingerprint density at radius 2 is 1.60 bits per heavy atom. The fraction of sp³-hybridized carbons (Fsp3) is 0.0667. The van der Waals surface area contributed by atoms with Crippen molar-refractivity contribution in [1.29, 1.82) is 5.41 Å². The van der Waals surface area contributed by atoms with E-state index in [1.54, 1.807) is 24.3 Å². The molecular weight excluding hydrogens is 281 g/mol. The van der Waals surface area contributed by atoms with E-state index in [4.69, 9.17) is 21.7 Å². The van der Waals surface area contributed by atoms with Gasteiger partial charge in [0.15, 0.2) is 0 Å². The summed E-state index contributed by atoms with van der Waals surface area (Å²) in [7, 11) is 0. The van der Waals surface area contributed by atoms with Crippen molar-refractivity contribution in [2.24, 2.45) is 0 Å². The molecule has 2 rings (SSSR count). The average Bonchev–Trinajstić information content (AvgIpc) is 2.46. The average molecular weight is 292 g/mol. The van der Waals surface area contributed by atoms with Crippen molar-refractivity contribution in [2.75, 3.05) is 6.61 Å². The standard InChI is InChI=1S/C15H11ClFNO2/c16-12-5-1-11(2-6-12)15(19)20-9-14(18)10-3-7-13(17)8-4-10/h1-8,18H,9H2. The monoisotopic (exact) mass is 291 g/mol. The Balaban J connectivity index is 1.94. The van der Waals surface area contributed by atoms with Crippen molar-refractivity contribution < 1.29 is 13.9 Å². The first-order valence-electron chi connectivity index (χ1n) is 5.82. The van der Waals surface area contributed by atoms with E-state index in [9.17, 15) is 9.18 Å². The quantitative estimate of drug-likeness (QED) is 0.690. The van der Waals surface area contributed by atoms with Crippen LogP contribution in [0.15, 0.2) is 48.5 Å². The van der Waals surface area contributed by atoms with Crippen LogP contribution in [0.2, 0.25) is 5.02 Å². The smallest absolute Gasteiger partial charge is 0.338 e. The van der Waals surface area contributed by atoms with Crippen molar-refractivity contribution in [3.05, 3.63) is 70.5 Å². The van der Waals surface area contributed by atoms with E-state index in [2.05, 4.69) is 0 Å². The van der Waals surface area contributed by atoms with Gasteiger partial charge in [0.2, 0.25) is 0 Å². The number of nitrogens with one attached hydrogen (secondary N) is 1. The van der Waals surface area contributed by atoms with Crippen LogP contribution in [0.3, 0.4) is 0 Å². The van der Waals surface area contributed by atoms with Gasteiger partial charge in [-0.2, -0.15) is 0 Å². The molecule has 5 heteroatoms. The molecule has 0 saturated carbocycles. The summed E-state index contributed by atoms with van der Waals surface area (Å²) < 4.78 is 17.8. The Morgan fingerprint density at radius 1 is 1.05 bits per heavy atom. The maximum atomic E-state index is 12.8. The van der Waals surface area contributed by atoms with Gasteiger partial charge >= 0.3 is 5.97 Å². The second kappa shape index (κ2) is 6.30. The third-order valence-corrected chi connectivity index (χ3v) is 2.87. The van der Waals surface area contributed by atoms with Crippen LogP contribution in [-0.4, -0.2) is 18.3 Å². The van der Waals surface area contributed by atoms with E-state index in [-0.39, 0.29) is 18.1 Å². The molecule has 2 aromatic carbocycles. The minimum Gasteiger partial charge on any atom is -0.456 e. The van der Waals surface area contributed by atoms with Crippen molar-refractivity contribution in [3.63, 3.8) is 0 Å². The summed E-state index contributed by atoms with van der Waals surface area (Å²) in [5.41, 5.74) is 0.976. The lowest BCUT2D eigenvalue weighted by atomic mass is 10.1. The molecule has 0 saturated heterocycles. The van der Waals surface area contributed by atoms with Gasteiger partial charge in [-0.3, -0.25) is 0 Å². The van der Waals surface area contributed by atoms with Crippen molar-refractivity contribution in [1.82, 2.24) is 0 Å². The van der Waals surface area contributed by atoms with E-state index >= 15 is 0 Å². The van der Waals surface area contributed by atoms with Gasteiger partial charge in [-0.25, -0.2) is 9.18 Å². The molecule has 0 aliphatic heterocycles. The number of benzene rings is 2. The summed E-state index contributed by atoms with van der Waals surface area (Å²) in [6.07, 6.45) is 0. The zero-order valence-electron chi connectivity index (χ0n) is 10.4. The fourth-order valence-electron chi connectivity index (χ4n) is 1.54. The van der Waals surface area contributed by atoms with Crippen LogP contribution in [0.25, 0.3) is 0 Å². The van der Waals surface area contributed by atoms with Gasteiger partial charge in [-0.05, 0) is 42.0 Å². The largest absolute Gasteiger partial charge is 0.456 e. The van der Waals surface area contributed by atoms with Gasteiger partial charge in [-0.15, -0.1) is 0 Å². The number of esters is 1. The minimum absolute atomic E-state index is 0.104. The first-order chi connectivity index (χ1) is 9.56. The van der Waals surface area contributed by atoms with Gasteiger partial charge < -0.3 is 10.1 Å². The van der Waals surface area contributed by atoms with Crippen LogP contribution in [0.1, 0.15) is 15.9 Å². The van der Waals surface area contributed by atoms with Gasteiger partial charge in [0.1, 0.15) is 12.4 Å². The summed E-state index contributed by atoms with van der Waals surface area (Å²) in [4.78, 5) is 11.7. The van der Waals surface area contributed by atoms with Crippen molar-refractivity contribution >= 4 is 23.3 Å². The van der Waals surface area contributed by atoms with E-state index in [0.717, 1.165) is 0 Å². The molecule has 0 aliphatic rings. The normalized spacial score (nSPS) is 10.1. The maximum absolute atomic E-state index is 12.8. The Labute approximate surface area is 120 Å². The molecule has 1 N–H and O–H groups in total. The number of carbonyl (C=O) groups excluding carboxylic acids is 1. The lowest BCUT2D eigenvalue weighted by Gasteiger charge is -2.06. The first kappa shape index (κ1) is 14.2. The van der Waals surface area contributed by atoms with Crippen LogP contribution in [0, 0.1) is 11.2 Å². The highest BCUT2D eigenvalue weighted by molar-refractivity contribution is 6.30. The molecule has 0 bridgehead atoms. The SMILES string of the molecule is N=C(COC(=O)c1ccc(Cl)cc1)c1ccc(F)cc1. The molecule has 0 spiro atoms. The topological polar surface area (TPSA) is 50.1 Å². The molecule has 0 aliphatic carbocycles. The van der Waals surface area contributed by atoms with Crippen molar-refractivity contribution in [3.8, 4) is 0 Å². The zero-order chi connectivity index (χ0) is 14.5. The highest BCUT2D eigenvalue weighted by Crippen LogP contribution is 2.11. The Hall–Kier alpha value is -2.20. The number of hydrogen-bond acceptors (Lipinski definition) is 3. The molecule has 0 radical (unpaired) electrons. The molecule has 0 fully saturated rings. The summed E-state index contributed by atoms with van der Waals surface area (Å²) in [5, 5.41) is 8.30. The van der Waals surface area contributed by atoms with E-state index < -0.39 is 5.97 Å². The Bertz CT molecular complexity index is 566. The predicted octanol–water partition coefficient (Wildman–Crippen LogP) is 3.70. The molecule has 0 amide bonds. The van der Waals surface area contributed by atoms with E-state index in [0.29, 0.717) is 16.1 Å². The molecule has 3 nitrogen and oxygen atoms in total. The van der Waals surface area contributed by atoms with Crippen LogP contribution >= 0.6 is 11.6 Å². The van der Waals surface area contributed by atoms with Gasteiger partial charge in [0.05, 0.1) is 11.3 Å². The van der Waals surface area contributed by atoms with E-state index in [1.165, 1.54) is 24.3 Å². The Morgan fingerprint density at radius 3 is 2.20 bits per heavy atom. The molecule has 102 valence electrons. The third kappa shape index (κ3) is 3.65. The van der Waals surface area contributed by atoms with Crippen LogP contribution in [0.4, 0.5) is 4.39 Å². The summed E-state index contributed by atoms with van der Waals surface area (Å²) in [6, 6.07) is 11.7.